The molecule has 0 unspecified atom stereocenters. The van der Waals surface area contributed by atoms with E-state index >= 15 is 0 Å². The van der Waals surface area contributed by atoms with Crippen molar-refractivity contribution in [3.8, 4) is 0 Å². The molecule has 19 heavy (non-hydrogen) atoms. The average Bonchev–Trinajstić information content (AvgIpc) is 2.93. The van der Waals surface area contributed by atoms with E-state index < -0.39 is 0 Å². The van der Waals surface area contributed by atoms with E-state index in [-0.39, 0.29) is 5.54 Å². The maximum atomic E-state index is 6.02. The number of hydrogen-bond acceptors (Lipinski definition) is 6. The van der Waals surface area contributed by atoms with Crippen molar-refractivity contribution in [3.63, 3.8) is 0 Å². The number of piperazine rings is 1. The molecule has 1 saturated heterocycles. The molecular formula is C13H22N4OS. The summed E-state index contributed by atoms with van der Waals surface area (Å²) in [6.45, 7) is 4.99. The van der Waals surface area contributed by atoms with Crippen LogP contribution in [0, 0.1) is 0 Å². The summed E-state index contributed by atoms with van der Waals surface area (Å²) in [5.41, 5.74) is 6.21. The quantitative estimate of drug-likeness (QED) is 0.884. The highest BCUT2D eigenvalue weighted by Gasteiger charge is 2.48. The summed E-state index contributed by atoms with van der Waals surface area (Å²) in [5.74, 6) is 0. The molecule has 1 aromatic rings. The summed E-state index contributed by atoms with van der Waals surface area (Å²) in [6, 6.07) is 0. The van der Waals surface area contributed by atoms with E-state index in [9.17, 15) is 0 Å². The Bertz CT molecular complexity index is 397. The molecule has 1 aliphatic carbocycles. The van der Waals surface area contributed by atoms with E-state index in [1.165, 1.54) is 0 Å². The molecular weight excluding hydrogens is 260 g/mol. The van der Waals surface area contributed by atoms with E-state index in [0.717, 1.165) is 50.7 Å². The van der Waals surface area contributed by atoms with Gasteiger partial charge in [-0.1, -0.05) is 0 Å². The third-order valence-electron chi connectivity index (χ3n) is 4.57. The number of thiazole rings is 1. The first-order valence-corrected chi connectivity index (χ1v) is 7.78. The van der Waals surface area contributed by atoms with E-state index in [4.69, 9.17) is 10.5 Å². The van der Waals surface area contributed by atoms with Crippen LogP contribution < -0.4 is 10.6 Å². The molecule has 0 bridgehead atoms. The largest absolute Gasteiger partial charge is 0.381 e. The van der Waals surface area contributed by atoms with Gasteiger partial charge in [-0.3, -0.25) is 4.90 Å². The number of rotatable bonds is 4. The van der Waals surface area contributed by atoms with E-state index in [2.05, 4.69) is 14.8 Å². The second kappa shape index (κ2) is 5.36. The van der Waals surface area contributed by atoms with Gasteiger partial charge < -0.3 is 15.4 Å². The normalized spacial score (nSPS) is 32.3. The van der Waals surface area contributed by atoms with Crippen LogP contribution in [0.2, 0.25) is 0 Å². The first-order valence-electron chi connectivity index (χ1n) is 6.90. The van der Waals surface area contributed by atoms with Crippen molar-refractivity contribution >= 4 is 16.5 Å². The molecule has 106 valence electrons. The van der Waals surface area contributed by atoms with Crippen LogP contribution in [0.15, 0.2) is 11.6 Å². The Hall–Kier alpha value is -0.690. The predicted molar refractivity (Wildman–Crippen MR) is 77.7 cm³/mol. The molecule has 1 aromatic heterocycles. The first kappa shape index (κ1) is 13.3. The first-order chi connectivity index (χ1) is 9.27. The van der Waals surface area contributed by atoms with Crippen molar-refractivity contribution in [2.24, 2.45) is 5.73 Å². The minimum atomic E-state index is 0.190. The second-order valence-corrected chi connectivity index (χ2v) is 6.36. The van der Waals surface area contributed by atoms with Crippen LogP contribution in [0.4, 0.5) is 5.13 Å². The summed E-state index contributed by atoms with van der Waals surface area (Å²) in [4.78, 5) is 9.32. The Morgan fingerprint density at radius 2 is 2.16 bits per heavy atom. The summed E-state index contributed by atoms with van der Waals surface area (Å²) >= 11 is 1.72. The molecule has 1 saturated carbocycles. The summed E-state index contributed by atoms with van der Waals surface area (Å²) in [5, 5.41) is 3.18. The zero-order chi connectivity index (χ0) is 13.3. The summed E-state index contributed by atoms with van der Waals surface area (Å²) in [6.07, 6.45) is 4.44. The van der Waals surface area contributed by atoms with Gasteiger partial charge in [-0.15, -0.1) is 11.3 Å². The van der Waals surface area contributed by atoms with Gasteiger partial charge in [0.1, 0.15) is 0 Å². The third kappa shape index (κ3) is 2.38. The van der Waals surface area contributed by atoms with E-state index in [0.29, 0.717) is 6.10 Å². The molecule has 0 atom stereocenters. The molecule has 2 heterocycles. The fourth-order valence-corrected chi connectivity index (χ4v) is 3.95. The van der Waals surface area contributed by atoms with E-state index in [1.807, 2.05) is 11.6 Å². The Balaban J connectivity index is 1.58. The number of ether oxygens (including phenoxy) is 1. The molecule has 3 rings (SSSR count). The molecule has 0 aromatic carbocycles. The van der Waals surface area contributed by atoms with Crippen molar-refractivity contribution in [2.75, 3.05) is 44.7 Å². The third-order valence-corrected chi connectivity index (χ3v) is 5.40. The topological polar surface area (TPSA) is 54.6 Å². The van der Waals surface area contributed by atoms with Gasteiger partial charge in [0.15, 0.2) is 5.13 Å². The fraction of sp³-hybridized carbons (Fsp3) is 0.769. The summed E-state index contributed by atoms with van der Waals surface area (Å²) in [7, 11) is 1.80. The zero-order valence-corrected chi connectivity index (χ0v) is 12.2. The van der Waals surface area contributed by atoms with Gasteiger partial charge in [0.2, 0.25) is 0 Å². The van der Waals surface area contributed by atoms with Gasteiger partial charge >= 0.3 is 0 Å². The number of methoxy groups -OCH3 is 1. The van der Waals surface area contributed by atoms with Crippen molar-refractivity contribution in [1.82, 2.24) is 9.88 Å². The summed E-state index contributed by atoms with van der Waals surface area (Å²) < 4.78 is 5.41. The van der Waals surface area contributed by atoms with Crippen LogP contribution in [0.25, 0.3) is 0 Å². The monoisotopic (exact) mass is 282 g/mol. The molecule has 0 spiro atoms. The Kier molecular flexibility index (Phi) is 3.75. The highest BCUT2D eigenvalue weighted by atomic mass is 32.1. The van der Waals surface area contributed by atoms with Crippen LogP contribution in [-0.2, 0) is 4.74 Å². The number of hydrogen-bond donors (Lipinski definition) is 1. The number of anilines is 1. The highest BCUT2D eigenvalue weighted by Crippen LogP contribution is 2.39. The second-order valence-electron chi connectivity index (χ2n) is 5.48. The molecule has 0 radical (unpaired) electrons. The highest BCUT2D eigenvalue weighted by molar-refractivity contribution is 7.13. The van der Waals surface area contributed by atoms with Crippen LogP contribution in [0.1, 0.15) is 12.8 Å². The zero-order valence-electron chi connectivity index (χ0n) is 11.4. The van der Waals surface area contributed by atoms with Gasteiger partial charge in [-0.2, -0.15) is 0 Å². The minimum absolute atomic E-state index is 0.190. The van der Waals surface area contributed by atoms with Crippen molar-refractivity contribution < 1.29 is 4.74 Å². The van der Waals surface area contributed by atoms with Crippen LogP contribution >= 0.6 is 11.3 Å². The van der Waals surface area contributed by atoms with Gasteiger partial charge in [-0.25, -0.2) is 4.98 Å². The molecule has 2 fully saturated rings. The Morgan fingerprint density at radius 3 is 2.68 bits per heavy atom. The average molecular weight is 282 g/mol. The molecule has 6 heteroatoms. The number of nitrogens with two attached hydrogens (primary N) is 1. The van der Waals surface area contributed by atoms with Gasteiger partial charge in [0.25, 0.3) is 0 Å². The van der Waals surface area contributed by atoms with E-state index in [1.54, 1.807) is 18.4 Å². The molecule has 0 amide bonds. The van der Waals surface area contributed by atoms with Crippen molar-refractivity contribution in [1.29, 1.82) is 0 Å². The van der Waals surface area contributed by atoms with Gasteiger partial charge in [-0.05, 0) is 12.8 Å². The van der Waals surface area contributed by atoms with Gasteiger partial charge in [0, 0.05) is 56.9 Å². The maximum absolute atomic E-state index is 6.02. The van der Waals surface area contributed by atoms with Crippen molar-refractivity contribution in [3.05, 3.63) is 11.6 Å². The SMILES string of the molecule is COC1CC(CN)(N2CCN(c3nccs3)CC2)C1. The lowest BCUT2D eigenvalue weighted by Crippen LogP contribution is -2.67. The predicted octanol–water partition coefficient (Wildman–Crippen LogP) is 0.771. The lowest BCUT2D eigenvalue weighted by molar-refractivity contribution is -0.0885. The maximum Gasteiger partial charge on any atom is 0.185 e. The minimum Gasteiger partial charge on any atom is -0.381 e. The van der Waals surface area contributed by atoms with Crippen LogP contribution in [-0.4, -0.2) is 61.4 Å². The smallest absolute Gasteiger partial charge is 0.185 e. The number of aromatic nitrogens is 1. The standard InChI is InChI=1S/C13H22N4OS/c1-18-11-8-13(9-11,10-14)17-5-3-16(4-6-17)12-15-2-7-19-12/h2,7,11H,3-6,8-10,14H2,1H3. The Morgan fingerprint density at radius 1 is 1.42 bits per heavy atom. The fourth-order valence-electron chi connectivity index (χ4n) is 3.25. The number of nitrogens with zero attached hydrogens (tertiary/aromatic N) is 3. The lowest BCUT2D eigenvalue weighted by atomic mass is 9.72. The Labute approximate surface area is 118 Å². The molecule has 2 N–H and O–H groups in total. The van der Waals surface area contributed by atoms with Crippen LogP contribution in [0.3, 0.4) is 0 Å². The van der Waals surface area contributed by atoms with Crippen molar-refractivity contribution in [2.45, 2.75) is 24.5 Å². The van der Waals surface area contributed by atoms with Crippen LogP contribution in [0.5, 0.6) is 0 Å². The van der Waals surface area contributed by atoms with Gasteiger partial charge in [0.05, 0.1) is 6.10 Å². The molecule has 2 aliphatic rings. The lowest BCUT2D eigenvalue weighted by Gasteiger charge is -2.55. The molecule has 1 aliphatic heterocycles. The molecule has 5 nitrogen and oxygen atoms in total.